The number of nitrogens with one attached hydrogen (secondary N) is 1. The zero-order valence-electron chi connectivity index (χ0n) is 14.7. The average Bonchev–Trinajstić information content (AvgIpc) is 2.97. The summed E-state index contributed by atoms with van der Waals surface area (Å²) >= 11 is 0. The van der Waals surface area contributed by atoms with E-state index in [4.69, 9.17) is 4.74 Å². The van der Waals surface area contributed by atoms with Crippen LogP contribution in [0.15, 0.2) is 65.8 Å². The zero-order chi connectivity index (χ0) is 18.8. The van der Waals surface area contributed by atoms with Crippen LogP contribution in [0.5, 0.6) is 5.75 Å². The SMILES string of the molecule is COc1ccc(/C=N\NC(=O)CN2C(=O)c3cccc4cccc2c34)cc1. The van der Waals surface area contributed by atoms with Crippen LogP contribution in [-0.4, -0.2) is 31.7 Å². The molecule has 0 aliphatic carbocycles. The fourth-order valence-corrected chi connectivity index (χ4v) is 3.18. The van der Waals surface area contributed by atoms with Gasteiger partial charge in [-0.1, -0.05) is 24.3 Å². The van der Waals surface area contributed by atoms with Gasteiger partial charge in [-0.25, -0.2) is 5.43 Å². The second kappa shape index (κ2) is 6.92. The summed E-state index contributed by atoms with van der Waals surface area (Å²) in [7, 11) is 1.60. The third kappa shape index (κ3) is 3.13. The minimum Gasteiger partial charge on any atom is -0.497 e. The normalized spacial score (nSPS) is 12.8. The first kappa shape index (κ1) is 16.8. The van der Waals surface area contributed by atoms with Crippen LogP contribution in [0.3, 0.4) is 0 Å². The maximum atomic E-state index is 12.7. The minimum atomic E-state index is -0.363. The predicted molar refractivity (Wildman–Crippen MR) is 104 cm³/mol. The number of methoxy groups -OCH3 is 1. The molecule has 1 heterocycles. The summed E-state index contributed by atoms with van der Waals surface area (Å²) in [6.45, 7) is -0.0907. The predicted octanol–water partition coefficient (Wildman–Crippen LogP) is 2.96. The highest BCUT2D eigenvalue weighted by molar-refractivity contribution is 6.26. The van der Waals surface area contributed by atoms with Crippen molar-refractivity contribution in [2.45, 2.75) is 0 Å². The summed E-state index contributed by atoms with van der Waals surface area (Å²) in [6, 6.07) is 18.6. The molecule has 3 aromatic carbocycles. The lowest BCUT2D eigenvalue weighted by Gasteiger charge is -2.16. The van der Waals surface area contributed by atoms with Crippen molar-refractivity contribution in [2.24, 2.45) is 5.10 Å². The summed E-state index contributed by atoms with van der Waals surface area (Å²) in [5.41, 5.74) is 4.67. The number of carbonyl (C=O) groups excluding carboxylic acids is 2. The first-order valence-corrected chi connectivity index (χ1v) is 8.47. The maximum Gasteiger partial charge on any atom is 0.260 e. The van der Waals surface area contributed by atoms with Crippen molar-refractivity contribution >= 4 is 34.5 Å². The van der Waals surface area contributed by atoms with Crippen molar-refractivity contribution in [3.05, 3.63) is 71.8 Å². The van der Waals surface area contributed by atoms with Gasteiger partial charge in [0.15, 0.2) is 0 Å². The first-order chi connectivity index (χ1) is 13.2. The number of amides is 2. The van der Waals surface area contributed by atoms with Crippen molar-refractivity contribution in [2.75, 3.05) is 18.6 Å². The molecule has 0 saturated carbocycles. The van der Waals surface area contributed by atoms with Crippen molar-refractivity contribution in [1.29, 1.82) is 0 Å². The highest BCUT2D eigenvalue weighted by atomic mass is 16.5. The molecule has 0 bridgehead atoms. The Kier molecular flexibility index (Phi) is 4.30. The van der Waals surface area contributed by atoms with E-state index in [9.17, 15) is 9.59 Å². The van der Waals surface area contributed by atoms with E-state index >= 15 is 0 Å². The van der Waals surface area contributed by atoms with E-state index in [2.05, 4.69) is 10.5 Å². The van der Waals surface area contributed by atoms with Gasteiger partial charge in [-0.3, -0.25) is 14.5 Å². The minimum absolute atomic E-state index is 0.0907. The number of hydrogen-bond donors (Lipinski definition) is 1. The molecule has 134 valence electrons. The zero-order valence-corrected chi connectivity index (χ0v) is 14.7. The van der Waals surface area contributed by atoms with Gasteiger partial charge in [-0.15, -0.1) is 0 Å². The van der Waals surface area contributed by atoms with Crippen molar-refractivity contribution in [3.8, 4) is 5.75 Å². The lowest BCUT2D eigenvalue weighted by Crippen LogP contribution is -2.37. The Morgan fingerprint density at radius 2 is 1.85 bits per heavy atom. The van der Waals surface area contributed by atoms with E-state index in [1.54, 1.807) is 19.4 Å². The van der Waals surface area contributed by atoms with Gasteiger partial charge in [-0.2, -0.15) is 5.10 Å². The summed E-state index contributed by atoms with van der Waals surface area (Å²) < 4.78 is 5.10. The van der Waals surface area contributed by atoms with Crippen LogP contribution in [0.25, 0.3) is 10.8 Å². The third-order valence-electron chi connectivity index (χ3n) is 4.47. The molecule has 0 radical (unpaired) electrons. The number of nitrogens with zero attached hydrogens (tertiary/aromatic N) is 2. The fourth-order valence-electron chi connectivity index (χ4n) is 3.18. The van der Waals surface area contributed by atoms with Crippen LogP contribution in [0, 0.1) is 0 Å². The molecule has 3 aromatic rings. The number of hydrazone groups is 1. The third-order valence-corrected chi connectivity index (χ3v) is 4.47. The monoisotopic (exact) mass is 359 g/mol. The molecule has 1 aliphatic heterocycles. The van der Waals surface area contributed by atoms with Gasteiger partial charge in [-0.05, 0) is 47.3 Å². The van der Waals surface area contributed by atoms with E-state index < -0.39 is 0 Å². The molecule has 0 aromatic heterocycles. The van der Waals surface area contributed by atoms with E-state index in [1.807, 2.05) is 54.6 Å². The number of ether oxygens (including phenoxy) is 1. The molecule has 1 N–H and O–H groups in total. The quantitative estimate of drug-likeness (QED) is 0.562. The maximum absolute atomic E-state index is 12.7. The van der Waals surface area contributed by atoms with Crippen LogP contribution in [0.2, 0.25) is 0 Å². The van der Waals surface area contributed by atoms with Crippen molar-refractivity contribution in [3.63, 3.8) is 0 Å². The number of benzene rings is 3. The Morgan fingerprint density at radius 1 is 1.11 bits per heavy atom. The van der Waals surface area contributed by atoms with Crippen molar-refractivity contribution in [1.82, 2.24) is 5.43 Å². The van der Waals surface area contributed by atoms with E-state index in [0.29, 0.717) is 5.56 Å². The highest BCUT2D eigenvalue weighted by Crippen LogP contribution is 2.36. The molecule has 4 rings (SSSR count). The Labute approximate surface area is 156 Å². The van der Waals surface area contributed by atoms with E-state index in [0.717, 1.165) is 27.8 Å². The molecule has 6 heteroatoms. The van der Waals surface area contributed by atoms with Gasteiger partial charge in [0.05, 0.1) is 19.0 Å². The van der Waals surface area contributed by atoms with Crippen LogP contribution in [0.1, 0.15) is 15.9 Å². The van der Waals surface area contributed by atoms with E-state index in [-0.39, 0.29) is 18.4 Å². The van der Waals surface area contributed by atoms with Gasteiger partial charge in [0.25, 0.3) is 11.8 Å². The van der Waals surface area contributed by atoms with Crippen LogP contribution < -0.4 is 15.1 Å². The number of carbonyl (C=O) groups is 2. The molecular formula is C21H17N3O3. The largest absolute Gasteiger partial charge is 0.497 e. The van der Waals surface area contributed by atoms with Gasteiger partial charge >= 0.3 is 0 Å². The van der Waals surface area contributed by atoms with E-state index in [1.165, 1.54) is 4.90 Å². The first-order valence-electron chi connectivity index (χ1n) is 8.47. The highest BCUT2D eigenvalue weighted by Gasteiger charge is 2.30. The molecule has 0 spiro atoms. The number of hydrogen-bond acceptors (Lipinski definition) is 4. The molecule has 0 atom stereocenters. The number of anilines is 1. The Hall–Kier alpha value is -3.67. The second-order valence-electron chi connectivity index (χ2n) is 6.14. The second-order valence-corrected chi connectivity index (χ2v) is 6.14. The summed E-state index contributed by atoms with van der Waals surface area (Å²) in [6.07, 6.45) is 1.54. The molecule has 0 saturated heterocycles. The van der Waals surface area contributed by atoms with Crippen LogP contribution in [0.4, 0.5) is 5.69 Å². The molecule has 0 unspecified atom stereocenters. The summed E-state index contributed by atoms with van der Waals surface area (Å²) in [5, 5.41) is 5.83. The molecule has 1 aliphatic rings. The Balaban J connectivity index is 1.45. The molecule has 6 nitrogen and oxygen atoms in total. The van der Waals surface area contributed by atoms with Crippen LogP contribution >= 0.6 is 0 Å². The molecule has 0 fully saturated rings. The Bertz CT molecular complexity index is 1050. The average molecular weight is 359 g/mol. The topological polar surface area (TPSA) is 71.0 Å². The number of rotatable bonds is 5. The standard InChI is InChI=1S/C21H17N3O3/c1-27-16-10-8-14(9-11-16)12-22-23-19(25)13-24-18-7-3-5-15-4-2-6-17(20(15)18)21(24)26/h2-12H,13H2,1H3,(H,23,25)/b22-12-. The molecular weight excluding hydrogens is 342 g/mol. The van der Waals surface area contributed by atoms with Crippen LogP contribution in [-0.2, 0) is 4.79 Å². The van der Waals surface area contributed by atoms with Gasteiger partial charge in [0.1, 0.15) is 12.3 Å². The van der Waals surface area contributed by atoms with Gasteiger partial charge in [0.2, 0.25) is 0 Å². The summed E-state index contributed by atoms with van der Waals surface area (Å²) in [5.74, 6) is 0.214. The fraction of sp³-hybridized carbons (Fsp3) is 0.0952. The molecule has 27 heavy (non-hydrogen) atoms. The lowest BCUT2D eigenvalue weighted by atomic mass is 10.1. The lowest BCUT2D eigenvalue weighted by molar-refractivity contribution is -0.119. The summed E-state index contributed by atoms with van der Waals surface area (Å²) in [4.78, 5) is 26.4. The smallest absolute Gasteiger partial charge is 0.260 e. The Morgan fingerprint density at radius 3 is 2.59 bits per heavy atom. The van der Waals surface area contributed by atoms with Crippen molar-refractivity contribution < 1.29 is 14.3 Å². The van der Waals surface area contributed by atoms with Gasteiger partial charge in [0, 0.05) is 10.9 Å². The van der Waals surface area contributed by atoms with Gasteiger partial charge < -0.3 is 4.74 Å². The molecule has 2 amide bonds.